The summed E-state index contributed by atoms with van der Waals surface area (Å²) in [5, 5.41) is 4.11. The summed E-state index contributed by atoms with van der Waals surface area (Å²) in [5.41, 5.74) is 2.74. The van der Waals surface area contributed by atoms with Crippen molar-refractivity contribution in [3.8, 4) is 11.5 Å². The molecule has 4 nitrogen and oxygen atoms in total. The molecule has 0 fully saturated rings. The van der Waals surface area contributed by atoms with Crippen LogP contribution in [0.5, 0.6) is 11.5 Å². The van der Waals surface area contributed by atoms with Crippen molar-refractivity contribution in [1.29, 1.82) is 0 Å². The first-order valence-electron chi connectivity index (χ1n) is 5.41. The minimum absolute atomic E-state index is 0.751. The summed E-state index contributed by atoms with van der Waals surface area (Å²) in [5.74, 6) is 1.54. The van der Waals surface area contributed by atoms with Gasteiger partial charge in [0.25, 0.3) is 0 Å². The fourth-order valence-electron chi connectivity index (χ4n) is 1.95. The number of hydrogen-bond donors (Lipinski definition) is 1. The smallest absolute Gasteiger partial charge is 0.145 e. The van der Waals surface area contributed by atoms with E-state index >= 15 is 0 Å². The van der Waals surface area contributed by atoms with Crippen molar-refractivity contribution in [3.63, 3.8) is 0 Å². The quantitative estimate of drug-likeness (QED) is 0.883. The highest BCUT2D eigenvalue weighted by Gasteiger charge is 2.12. The molecule has 1 heterocycles. The lowest BCUT2D eigenvalue weighted by atomic mass is 10.1. The van der Waals surface area contributed by atoms with Gasteiger partial charge in [-0.1, -0.05) is 0 Å². The Bertz CT molecular complexity index is 553. The van der Waals surface area contributed by atoms with Crippen LogP contribution in [-0.2, 0) is 0 Å². The van der Waals surface area contributed by atoms with E-state index in [2.05, 4.69) is 10.3 Å². The van der Waals surface area contributed by atoms with E-state index in [0.29, 0.717) is 0 Å². The van der Waals surface area contributed by atoms with Crippen LogP contribution in [0.4, 0.5) is 5.69 Å². The Morgan fingerprint density at radius 2 is 1.76 bits per heavy atom. The van der Waals surface area contributed by atoms with Crippen LogP contribution in [0.2, 0.25) is 0 Å². The summed E-state index contributed by atoms with van der Waals surface area (Å²) in [6.07, 6.45) is 0. The van der Waals surface area contributed by atoms with Crippen molar-refractivity contribution < 1.29 is 9.47 Å². The molecular formula is C13H16N2O2. The van der Waals surface area contributed by atoms with Gasteiger partial charge in [-0.2, -0.15) is 0 Å². The van der Waals surface area contributed by atoms with Crippen molar-refractivity contribution >= 4 is 16.6 Å². The van der Waals surface area contributed by atoms with Gasteiger partial charge in [0.15, 0.2) is 0 Å². The van der Waals surface area contributed by atoms with Crippen LogP contribution in [0.15, 0.2) is 18.2 Å². The van der Waals surface area contributed by atoms with Crippen LogP contribution >= 0.6 is 0 Å². The lowest BCUT2D eigenvalue weighted by molar-refractivity contribution is 0.410. The van der Waals surface area contributed by atoms with Crippen LogP contribution < -0.4 is 14.8 Å². The van der Waals surface area contributed by atoms with Gasteiger partial charge in [0.05, 0.1) is 19.6 Å². The topological polar surface area (TPSA) is 43.4 Å². The Labute approximate surface area is 101 Å². The van der Waals surface area contributed by atoms with Crippen molar-refractivity contribution in [1.82, 2.24) is 4.98 Å². The summed E-state index contributed by atoms with van der Waals surface area (Å²) in [6, 6.07) is 5.75. The van der Waals surface area contributed by atoms with Crippen LogP contribution in [0.25, 0.3) is 10.9 Å². The molecule has 0 radical (unpaired) electrons. The number of methoxy groups -OCH3 is 2. The minimum Gasteiger partial charge on any atom is -0.496 e. The molecule has 1 aromatic heterocycles. The lowest BCUT2D eigenvalue weighted by Crippen LogP contribution is -1.98. The average Bonchev–Trinajstić information content (AvgIpc) is 2.36. The molecule has 0 aliphatic rings. The Balaban J connectivity index is 2.89. The van der Waals surface area contributed by atoms with Crippen LogP contribution in [0.3, 0.4) is 0 Å². The largest absolute Gasteiger partial charge is 0.496 e. The molecule has 4 heteroatoms. The molecule has 17 heavy (non-hydrogen) atoms. The number of rotatable bonds is 3. The van der Waals surface area contributed by atoms with Gasteiger partial charge in [0.2, 0.25) is 0 Å². The van der Waals surface area contributed by atoms with Crippen molar-refractivity contribution in [3.05, 3.63) is 23.9 Å². The molecule has 0 bridgehead atoms. The number of aryl methyl sites for hydroxylation is 1. The number of nitrogens with one attached hydrogen (secondary N) is 1. The number of hydrogen-bond acceptors (Lipinski definition) is 4. The average molecular weight is 232 g/mol. The summed E-state index contributed by atoms with van der Waals surface area (Å²) in [7, 11) is 5.18. The number of fused-ring (bicyclic) bond motifs is 1. The molecule has 2 rings (SSSR count). The zero-order valence-electron chi connectivity index (χ0n) is 10.5. The summed E-state index contributed by atoms with van der Waals surface area (Å²) in [4.78, 5) is 4.52. The first-order valence-corrected chi connectivity index (χ1v) is 5.41. The summed E-state index contributed by atoms with van der Waals surface area (Å²) >= 11 is 0. The van der Waals surface area contributed by atoms with Gasteiger partial charge in [0, 0.05) is 18.4 Å². The molecule has 0 unspecified atom stereocenters. The van der Waals surface area contributed by atoms with Gasteiger partial charge in [-0.3, -0.25) is 0 Å². The van der Waals surface area contributed by atoms with Crippen molar-refractivity contribution in [2.75, 3.05) is 26.6 Å². The maximum absolute atomic E-state index is 5.37. The molecule has 0 amide bonds. The van der Waals surface area contributed by atoms with Crippen molar-refractivity contribution in [2.24, 2.45) is 0 Å². The maximum atomic E-state index is 5.37. The number of aromatic nitrogens is 1. The summed E-state index contributed by atoms with van der Waals surface area (Å²) in [6.45, 7) is 1.96. The van der Waals surface area contributed by atoms with E-state index in [1.807, 2.05) is 32.2 Å². The van der Waals surface area contributed by atoms with E-state index in [-0.39, 0.29) is 0 Å². The standard InChI is InChI=1S/C13H16N2O2/c1-8-7-9(14-2)12-10(16-3)5-6-11(17-4)13(12)15-8/h5-7H,1-4H3,(H,14,15). The SMILES string of the molecule is CNc1cc(C)nc2c(OC)ccc(OC)c12. The highest BCUT2D eigenvalue weighted by molar-refractivity contribution is 5.99. The molecule has 0 aliphatic carbocycles. The van der Waals surface area contributed by atoms with Crippen LogP contribution in [0, 0.1) is 6.92 Å². The molecular weight excluding hydrogens is 216 g/mol. The Kier molecular flexibility index (Phi) is 3.04. The normalized spacial score (nSPS) is 10.4. The molecule has 0 atom stereocenters. The molecule has 1 aromatic carbocycles. The maximum Gasteiger partial charge on any atom is 0.145 e. The predicted octanol–water partition coefficient (Wildman–Crippen LogP) is 2.60. The van der Waals surface area contributed by atoms with Crippen molar-refractivity contribution in [2.45, 2.75) is 6.92 Å². The van der Waals surface area contributed by atoms with E-state index in [9.17, 15) is 0 Å². The zero-order valence-corrected chi connectivity index (χ0v) is 10.5. The molecule has 0 aliphatic heterocycles. The number of ether oxygens (including phenoxy) is 2. The van der Waals surface area contributed by atoms with Crippen LogP contribution in [0.1, 0.15) is 5.69 Å². The zero-order chi connectivity index (χ0) is 12.4. The Hall–Kier alpha value is -1.97. The van der Waals surface area contributed by atoms with E-state index in [1.54, 1.807) is 14.2 Å². The number of nitrogens with zero attached hydrogens (tertiary/aromatic N) is 1. The fourth-order valence-corrected chi connectivity index (χ4v) is 1.95. The number of anilines is 1. The molecule has 0 spiro atoms. The number of pyridine rings is 1. The Morgan fingerprint density at radius 1 is 1.12 bits per heavy atom. The first-order chi connectivity index (χ1) is 8.21. The van der Waals surface area contributed by atoms with Gasteiger partial charge in [-0.05, 0) is 25.1 Å². The second-order valence-electron chi connectivity index (χ2n) is 3.75. The van der Waals surface area contributed by atoms with Gasteiger partial charge in [-0.15, -0.1) is 0 Å². The highest BCUT2D eigenvalue weighted by Crippen LogP contribution is 2.36. The first kappa shape index (κ1) is 11.5. The number of benzene rings is 1. The molecule has 2 aromatic rings. The highest BCUT2D eigenvalue weighted by atomic mass is 16.5. The second-order valence-corrected chi connectivity index (χ2v) is 3.75. The Morgan fingerprint density at radius 3 is 2.35 bits per heavy atom. The van der Waals surface area contributed by atoms with Gasteiger partial charge in [-0.25, -0.2) is 4.98 Å². The molecule has 1 N–H and O–H groups in total. The van der Waals surface area contributed by atoms with Gasteiger partial charge >= 0.3 is 0 Å². The molecule has 0 saturated carbocycles. The fraction of sp³-hybridized carbons (Fsp3) is 0.308. The second kappa shape index (κ2) is 4.49. The van der Waals surface area contributed by atoms with Crippen LogP contribution in [-0.4, -0.2) is 26.3 Å². The monoisotopic (exact) mass is 232 g/mol. The lowest BCUT2D eigenvalue weighted by Gasteiger charge is -2.13. The third-order valence-electron chi connectivity index (χ3n) is 2.72. The minimum atomic E-state index is 0.751. The third-order valence-corrected chi connectivity index (χ3v) is 2.72. The predicted molar refractivity (Wildman–Crippen MR) is 69.1 cm³/mol. The van der Waals surface area contributed by atoms with E-state index < -0.39 is 0 Å². The van der Waals surface area contributed by atoms with E-state index in [4.69, 9.17) is 9.47 Å². The molecule has 0 saturated heterocycles. The van der Waals surface area contributed by atoms with E-state index in [1.165, 1.54) is 0 Å². The van der Waals surface area contributed by atoms with Gasteiger partial charge in [0.1, 0.15) is 17.0 Å². The summed E-state index contributed by atoms with van der Waals surface area (Å²) < 4.78 is 10.7. The molecule has 90 valence electrons. The third kappa shape index (κ3) is 1.86. The van der Waals surface area contributed by atoms with Gasteiger partial charge < -0.3 is 14.8 Å². The van der Waals surface area contributed by atoms with E-state index in [0.717, 1.165) is 33.8 Å².